The number of amides is 2. The standard InChI is InChI=1S/C22H32N2O3/c1-6-8-20-22(3,4)13-7-14-24(20)21(26)15-19(23-16(2)25)17-9-11-18(27-5)12-10-17/h6,9-12,19-20H,1,7-8,13-15H2,2-5H3,(H,23,25)/t19-,20-/m1/s1. The van der Waals surface area contributed by atoms with Gasteiger partial charge in [0.2, 0.25) is 11.8 Å². The average molecular weight is 373 g/mol. The number of benzene rings is 1. The lowest BCUT2D eigenvalue weighted by molar-refractivity contribution is -0.139. The Morgan fingerprint density at radius 1 is 1.37 bits per heavy atom. The van der Waals surface area contributed by atoms with Crippen molar-refractivity contribution in [2.45, 2.75) is 58.5 Å². The summed E-state index contributed by atoms with van der Waals surface area (Å²) in [6, 6.07) is 7.28. The molecule has 1 N–H and O–H groups in total. The first-order chi connectivity index (χ1) is 12.8. The third-order valence-corrected chi connectivity index (χ3v) is 5.48. The summed E-state index contributed by atoms with van der Waals surface area (Å²) in [5.41, 5.74) is 0.960. The molecule has 5 heteroatoms. The van der Waals surface area contributed by atoms with Gasteiger partial charge in [-0.05, 0) is 42.4 Å². The van der Waals surface area contributed by atoms with Gasteiger partial charge in [0.05, 0.1) is 19.6 Å². The number of ether oxygens (including phenoxy) is 1. The quantitative estimate of drug-likeness (QED) is 0.740. The van der Waals surface area contributed by atoms with Gasteiger partial charge < -0.3 is 15.0 Å². The average Bonchev–Trinajstić information content (AvgIpc) is 2.62. The summed E-state index contributed by atoms with van der Waals surface area (Å²) >= 11 is 0. The van der Waals surface area contributed by atoms with Crippen molar-refractivity contribution in [2.75, 3.05) is 13.7 Å². The van der Waals surface area contributed by atoms with Gasteiger partial charge in [-0.1, -0.05) is 32.1 Å². The van der Waals surface area contributed by atoms with E-state index in [1.807, 2.05) is 35.2 Å². The topological polar surface area (TPSA) is 58.6 Å². The highest BCUT2D eigenvalue weighted by atomic mass is 16.5. The predicted octanol–water partition coefficient (Wildman–Crippen LogP) is 3.86. The Bertz CT molecular complexity index is 667. The highest BCUT2D eigenvalue weighted by Gasteiger charge is 2.39. The first kappa shape index (κ1) is 21.0. The zero-order chi connectivity index (χ0) is 20.0. The Morgan fingerprint density at radius 2 is 2.04 bits per heavy atom. The summed E-state index contributed by atoms with van der Waals surface area (Å²) in [7, 11) is 1.61. The SMILES string of the molecule is C=CC[C@H]1N(C(=O)C[C@@H](NC(C)=O)c2ccc(OC)cc2)CCCC1(C)C. The van der Waals surface area contributed by atoms with E-state index in [4.69, 9.17) is 4.74 Å². The van der Waals surface area contributed by atoms with Crippen molar-refractivity contribution >= 4 is 11.8 Å². The first-order valence-corrected chi connectivity index (χ1v) is 9.60. The lowest BCUT2D eigenvalue weighted by Crippen LogP contribution is -2.52. The Morgan fingerprint density at radius 3 is 2.59 bits per heavy atom. The molecule has 2 atom stereocenters. The molecule has 0 aromatic heterocycles. The lowest BCUT2D eigenvalue weighted by atomic mass is 9.75. The molecule has 0 saturated carbocycles. The molecular formula is C22H32N2O3. The number of methoxy groups -OCH3 is 1. The Hall–Kier alpha value is -2.30. The van der Waals surface area contributed by atoms with Crippen LogP contribution in [0.3, 0.4) is 0 Å². The van der Waals surface area contributed by atoms with Gasteiger partial charge in [-0.25, -0.2) is 0 Å². The summed E-state index contributed by atoms with van der Waals surface area (Å²) in [5, 5.41) is 2.92. The van der Waals surface area contributed by atoms with Crippen LogP contribution in [0, 0.1) is 5.41 Å². The van der Waals surface area contributed by atoms with E-state index >= 15 is 0 Å². The predicted molar refractivity (Wildman–Crippen MR) is 107 cm³/mol. The maximum atomic E-state index is 13.2. The third-order valence-electron chi connectivity index (χ3n) is 5.48. The highest BCUT2D eigenvalue weighted by molar-refractivity contribution is 5.79. The van der Waals surface area contributed by atoms with Gasteiger partial charge in [0.25, 0.3) is 0 Å². The molecule has 1 aromatic rings. The van der Waals surface area contributed by atoms with Crippen molar-refractivity contribution in [2.24, 2.45) is 5.41 Å². The molecule has 2 amide bonds. The molecule has 0 radical (unpaired) electrons. The minimum Gasteiger partial charge on any atom is -0.497 e. The van der Waals surface area contributed by atoms with Crippen molar-refractivity contribution < 1.29 is 14.3 Å². The maximum Gasteiger partial charge on any atom is 0.225 e. The first-order valence-electron chi connectivity index (χ1n) is 9.60. The zero-order valence-corrected chi connectivity index (χ0v) is 17.0. The van der Waals surface area contributed by atoms with Crippen molar-refractivity contribution in [1.29, 1.82) is 0 Å². The molecule has 27 heavy (non-hydrogen) atoms. The van der Waals surface area contributed by atoms with Gasteiger partial charge in [-0.15, -0.1) is 6.58 Å². The lowest BCUT2D eigenvalue weighted by Gasteiger charge is -2.46. The van der Waals surface area contributed by atoms with Crippen LogP contribution in [0.5, 0.6) is 5.75 Å². The highest BCUT2D eigenvalue weighted by Crippen LogP contribution is 2.38. The Balaban J connectivity index is 2.20. The molecule has 1 heterocycles. The van der Waals surface area contributed by atoms with Crippen LogP contribution < -0.4 is 10.1 Å². The van der Waals surface area contributed by atoms with Crippen LogP contribution in [0.2, 0.25) is 0 Å². The molecule has 1 aromatic carbocycles. The van der Waals surface area contributed by atoms with Crippen LogP contribution in [0.4, 0.5) is 0 Å². The van der Waals surface area contributed by atoms with E-state index in [1.165, 1.54) is 6.92 Å². The number of carbonyl (C=O) groups is 2. The number of piperidine rings is 1. The summed E-state index contributed by atoms with van der Waals surface area (Å²) in [5.74, 6) is 0.671. The fraction of sp³-hybridized carbons (Fsp3) is 0.545. The number of hydrogen-bond donors (Lipinski definition) is 1. The van der Waals surface area contributed by atoms with Gasteiger partial charge >= 0.3 is 0 Å². The number of carbonyl (C=O) groups excluding carboxylic acids is 2. The van der Waals surface area contributed by atoms with Crippen LogP contribution in [-0.2, 0) is 9.59 Å². The van der Waals surface area contributed by atoms with E-state index in [0.29, 0.717) is 0 Å². The van der Waals surface area contributed by atoms with Crippen molar-refractivity contribution in [3.8, 4) is 5.75 Å². The molecule has 0 aliphatic carbocycles. The van der Waals surface area contributed by atoms with Gasteiger partial charge in [-0.3, -0.25) is 9.59 Å². The number of hydrogen-bond acceptors (Lipinski definition) is 3. The van der Waals surface area contributed by atoms with Gasteiger partial charge in [-0.2, -0.15) is 0 Å². The van der Waals surface area contributed by atoms with Gasteiger partial charge in [0.1, 0.15) is 5.75 Å². The number of rotatable bonds is 7. The minimum atomic E-state index is -0.352. The molecule has 0 unspecified atom stereocenters. The van der Waals surface area contributed by atoms with Crippen molar-refractivity contribution in [3.63, 3.8) is 0 Å². The van der Waals surface area contributed by atoms with Crippen LogP contribution in [0.25, 0.3) is 0 Å². The van der Waals surface area contributed by atoms with Crippen molar-refractivity contribution in [1.82, 2.24) is 10.2 Å². The molecule has 5 nitrogen and oxygen atoms in total. The van der Waals surface area contributed by atoms with Crippen molar-refractivity contribution in [3.05, 3.63) is 42.5 Å². The zero-order valence-electron chi connectivity index (χ0n) is 17.0. The molecule has 1 saturated heterocycles. The Labute approximate surface area is 162 Å². The van der Waals surface area contributed by atoms with Crippen LogP contribution in [0.1, 0.15) is 58.1 Å². The molecular weight excluding hydrogens is 340 g/mol. The largest absolute Gasteiger partial charge is 0.497 e. The second-order valence-electron chi connectivity index (χ2n) is 7.95. The normalized spacial score (nSPS) is 19.9. The second-order valence-corrected chi connectivity index (χ2v) is 7.95. The van der Waals surface area contributed by atoms with E-state index in [0.717, 1.165) is 37.1 Å². The molecule has 2 rings (SSSR count). The number of likely N-dealkylation sites (tertiary alicyclic amines) is 1. The minimum absolute atomic E-state index is 0.0612. The summed E-state index contributed by atoms with van der Waals surface area (Å²) in [6.45, 7) is 10.5. The third kappa shape index (κ3) is 5.34. The van der Waals surface area contributed by atoms with Crippen LogP contribution >= 0.6 is 0 Å². The summed E-state index contributed by atoms with van der Waals surface area (Å²) in [6.07, 6.45) is 5.02. The number of nitrogens with one attached hydrogen (secondary N) is 1. The molecule has 0 bridgehead atoms. The Kier molecular flexibility index (Phi) is 7.05. The maximum absolute atomic E-state index is 13.2. The van der Waals surface area contributed by atoms with E-state index < -0.39 is 0 Å². The van der Waals surface area contributed by atoms with E-state index in [-0.39, 0.29) is 35.7 Å². The summed E-state index contributed by atoms with van der Waals surface area (Å²) in [4.78, 5) is 26.9. The second kappa shape index (κ2) is 9.07. The molecule has 1 aliphatic rings. The molecule has 1 fully saturated rings. The van der Waals surface area contributed by atoms with E-state index in [2.05, 4.69) is 25.7 Å². The monoisotopic (exact) mass is 372 g/mol. The van der Waals surface area contributed by atoms with Gasteiger partial charge in [0, 0.05) is 19.5 Å². The van der Waals surface area contributed by atoms with E-state index in [1.54, 1.807) is 7.11 Å². The van der Waals surface area contributed by atoms with Crippen LogP contribution in [-0.4, -0.2) is 36.4 Å². The molecule has 148 valence electrons. The molecule has 1 aliphatic heterocycles. The summed E-state index contributed by atoms with van der Waals surface area (Å²) < 4.78 is 5.20. The fourth-order valence-electron chi connectivity index (χ4n) is 3.98. The van der Waals surface area contributed by atoms with Gasteiger partial charge in [0.15, 0.2) is 0 Å². The van der Waals surface area contributed by atoms with Crippen LogP contribution in [0.15, 0.2) is 36.9 Å². The number of nitrogens with zero attached hydrogens (tertiary/aromatic N) is 1. The van der Waals surface area contributed by atoms with E-state index in [9.17, 15) is 9.59 Å². The molecule has 0 spiro atoms. The smallest absolute Gasteiger partial charge is 0.225 e. The fourth-order valence-corrected chi connectivity index (χ4v) is 3.98.